The molecule has 0 saturated heterocycles. The van der Waals surface area contributed by atoms with Crippen molar-refractivity contribution in [2.24, 2.45) is 12.8 Å². The summed E-state index contributed by atoms with van der Waals surface area (Å²) in [6.07, 6.45) is 3.37. The lowest BCUT2D eigenvalue weighted by Crippen LogP contribution is -2.13. The van der Waals surface area contributed by atoms with Crippen LogP contribution < -0.4 is 5.73 Å². The van der Waals surface area contributed by atoms with Gasteiger partial charge in [-0.3, -0.25) is 9.78 Å². The van der Waals surface area contributed by atoms with Gasteiger partial charge in [-0.2, -0.15) is 5.26 Å². The molecule has 2 aromatic heterocycles. The predicted molar refractivity (Wildman–Crippen MR) is 88.8 cm³/mol. The molecule has 0 saturated carbocycles. The number of nitrogens with two attached hydrogens (primary N) is 1. The van der Waals surface area contributed by atoms with E-state index in [1.54, 1.807) is 18.5 Å². The van der Waals surface area contributed by atoms with Crippen LogP contribution in [0.2, 0.25) is 5.02 Å². The van der Waals surface area contributed by atoms with Crippen LogP contribution in [0.5, 0.6) is 0 Å². The molecule has 6 heteroatoms. The fourth-order valence-electron chi connectivity index (χ4n) is 2.78. The molecule has 0 atom stereocenters. The lowest BCUT2D eigenvalue weighted by atomic mass is 10.1. The highest BCUT2D eigenvalue weighted by atomic mass is 35.5. The lowest BCUT2D eigenvalue weighted by molar-refractivity contribution is -0.117. The molecule has 0 aliphatic carbocycles. The Morgan fingerprint density at radius 1 is 1.39 bits per heavy atom. The predicted octanol–water partition coefficient (Wildman–Crippen LogP) is 2.79. The first-order valence-electron chi connectivity index (χ1n) is 6.92. The Labute approximate surface area is 137 Å². The molecule has 1 aromatic carbocycles. The normalized spacial score (nSPS) is 10.7. The van der Waals surface area contributed by atoms with Gasteiger partial charge in [0.25, 0.3) is 0 Å². The van der Waals surface area contributed by atoms with E-state index in [-0.39, 0.29) is 6.42 Å². The summed E-state index contributed by atoms with van der Waals surface area (Å²) < 4.78 is 1.91. The summed E-state index contributed by atoms with van der Waals surface area (Å²) in [5.41, 5.74) is 8.87. The van der Waals surface area contributed by atoms with Crippen molar-refractivity contribution in [2.45, 2.75) is 6.42 Å². The number of halogens is 1. The van der Waals surface area contributed by atoms with Gasteiger partial charge in [-0.25, -0.2) is 0 Å². The minimum absolute atomic E-state index is 0.110. The van der Waals surface area contributed by atoms with Gasteiger partial charge in [-0.15, -0.1) is 0 Å². The van der Waals surface area contributed by atoms with Crippen LogP contribution in [0.3, 0.4) is 0 Å². The SMILES string of the molecule is Cn1c(-c2cncc(CC(N)=O)c2)c(C#N)c2ccc(Cl)cc21. The van der Waals surface area contributed by atoms with E-state index in [1.807, 2.05) is 29.8 Å². The van der Waals surface area contributed by atoms with Gasteiger partial charge in [0, 0.05) is 35.4 Å². The van der Waals surface area contributed by atoms with Gasteiger partial charge in [0.15, 0.2) is 0 Å². The number of nitrogens with zero attached hydrogens (tertiary/aromatic N) is 3. The molecule has 2 heterocycles. The molecule has 0 aliphatic rings. The number of hydrogen-bond donors (Lipinski definition) is 1. The number of fused-ring (bicyclic) bond motifs is 1. The largest absolute Gasteiger partial charge is 0.369 e. The molecule has 2 N–H and O–H groups in total. The molecule has 0 bridgehead atoms. The standard InChI is InChI=1S/C17H13ClN4O/c1-22-15-6-12(18)2-3-13(15)14(7-19)17(22)11-4-10(5-16(20)23)8-21-9-11/h2-4,6,8-9H,5H2,1H3,(H2,20,23). The minimum atomic E-state index is -0.423. The van der Waals surface area contributed by atoms with E-state index in [1.165, 1.54) is 0 Å². The van der Waals surface area contributed by atoms with E-state index in [2.05, 4.69) is 11.1 Å². The zero-order chi connectivity index (χ0) is 16.6. The summed E-state index contributed by atoms with van der Waals surface area (Å²) >= 11 is 6.06. The fourth-order valence-corrected chi connectivity index (χ4v) is 2.94. The number of rotatable bonds is 3. The molecule has 23 heavy (non-hydrogen) atoms. The number of aromatic nitrogens is 2. The molecule has 0 aliphatic heterocycles. The molecule has 1 amide bonds. The molecule has 0 radical (unpaired) electrons. The highest BCUT2D eigenvalue weighted by Crippen LogP contribution is 2.33. The summed E-state index contributed by atoms with van der Waals surface area (Å²) in [6, 6.07) is 9.50. The highest BCUT2D eigenvalue weighted by molar-refractivity contribution is 6.31. The van der Waals surface area contributed by atoms with Crippen molar-refractivity contribution in [3.63, 3.8) is 0 Å². The maximum atomic E-state index is 11.1. The zero-order valence-corrected chi connectivity index (χ0v) is 13.1. The Balaban J connectivity index is 2.26. The topological polar surface area (TPSA) is 84.7 Å². The Morgan fingerprint density at radius 2 is 2.17 bits per heavy atom. The van der Waals surface area contributed by atoms with Crippen LogP contribution in [0.25, 0.3) is 22.2 Å². The van der Waals surface area contributed by atoms with Crippen molar-refractivity contribution >= 4 is 28.4 Å². The van der Waals surface area contributed by atoms with Crippen LogP contribution in [-0.4, -0.2) is 15.5 Å². The average molecular weight is 325 g/mol. The third kappa shape index (κ3) is 2.65. The van der Waals surface area contributed by atoms with Crippen molar-refractivity contribution in [3.05, 3.63) is 52.8 Å². The summed E-state index contributed by atoms with van der Waals surface area (Å²) in [4.78, 5) is 15.3. The van der Waals surface area contributed by atoms with Gasteiger partial charge in [0.2, 0.25) is 5.91 Å². The first-order chi connectivity index (χ1) is 11.0. The Morgan fingerprint density at radius 3 is 2.87 bits per heavy atom. The zero-order valence-electron chi connectivity index (χ0n) is 12.4. The Kier molecular flexibility index (Phi) is 3.77. The number of pyridine rings is 1. The quantitative estimate of drug-likeness (QED) is 0.804. The maximum absolute atomic E-state index is 11.1. The first kappa shape index (κ1) is 15.1. The molecule has 0 spiro atoms. The molecule has 0 unspecified atom stereocenters. The van der Waals surface area contributed by atoms with Gasteiger partial charge >= 0.3 is 0 Å². The van der Waals surface area contributed by atoms with Crippen LogP contribution in [0.4, 0.5) is 0 Å². The highest BCUT2D eigenvalue weighted by Gasteiger charge is 2.17. The minimum Gasteiger partial charge on any atom is -0.369 e. The summed E-state index contributed by atoms with van der Waals surface area (Å²) in [5, 5.41) is 11.0. The third-order valence-electron chi connectivity index (χ3n) is 3.72. The van der Waals surface area contributed by atoms with Crippen molar-refractivity contribution in [1.82, 2.24) is 9.55 Å². The van der Waals surface area contributed by atoms with Crippen LogP contribution >= 0.6 is 11.6 Å². The number of primary amides is 1. The van der Waals surface area contributed by atoms with Gasteiger partial charge in [0.1, 0.15) is 6.07 Å². The van der Waals surface area contributed by atoms with E-state index in [0.29, 0.717) is 16.1 Å². The third-order valence-corrected chi connectivity index (χ3v) is 3.96. The van der Waals surface area contributed by atoms with Crippen molar-refractivity contribution in [2.75, 3.05) is 0 Å². The molecule has 0 fully saturated rings. The summed E-state index contributed by atoms with van der Waals surface area (Å²) in [5.74, 6) is -0.423. The Hall–Kier alpha value is -2.84. The van der Waals surface area contributed by atoms with Gasteiger partial charge in [-0.1, -0.05) is 11.6 Å². The van der Waals surface area contributed by atoms with Gasteiger partial charge in [0.05, 0.1) is 23.2 Å². The van der Waals surface area contributed by atoms with Crippen LogP contribution in [0.1, 0.15) is 11.1 Å². The van der Waals surface area contributed by atoms with E-state index < -0.39 is 5.91 Å². The molecular formula is C17H13ClN4O. The van der Waals surface area contributed by atoms with E-state index in [9.17, 15) is 10.1 Å². The van der Waals surface area contributed by atoms with E-state index in [4.69, 9.17) is 17.3 Å². The van der Waals surface area contributed by atoms with Crippen molar-refractivity contribution < 1.29 is 4.79 Å². The number of amides is 1. The molecule has 3 rings (SSSR count). The number of aryl methyl sites for hydroxylation is 1. The maximum Gasteiger partial charge on any atom is 0.221 e. The second kappa shape index (κ2) is 5.75. The fraction of sp³-hybridized carbons (Fsp3) is 0.118. The second-order valence-corrected chi connectivity index (χ2v) is 5.72. The number of nitriles is 1. The monoisotopic (exact) mass is 324 g/mol. The molecule has 3 aromatic rings. The van der Waals surface area contributed by atoms with E-state index >= 15 is 0 Å². The number of hydrogen-bond acceptors (Lipinski definition) is 3. The second-order valence-electron chi connectivity index (χ2n) is 5.28. The summed E-state index contributed by atoms with van der Waals surface area (Å²) in [7, 11) is 1.87. The smallest absolute Gasteiger partial charge is 0.221 e. The first-order valence-corrected chi connectivity index (χ1v) is 7.29. The Bertz CT molecular complexity index is 969. The molecule has 5 nitrogen and oxygen atoms in total. The van der Waals surface area contributed by atoms with Crippen molar-refractivity contribution in [1.29, 1.82) is 5.26 Å². The lowest BCUT2D eigenvalue weighted by Gasteiger charge is -2.06. The number of carbonyl (C=O) groups is 1. The summed E-state index contributed by atoms with van der Waals surface area (Å²) in [6.45, 7) is 0. The van der Waals surface area contributed by atoms with Crippen LogP contribution in [0, 0.1) is 11.3 Å². The van der Waals surface area contributed by atoms with Crippen molar-refractivity contribution in [3.8, 4) is 17.3 Å². The van der Waals surface area contributed by atoms with E-state index in [0.717, 1.165) is 22.2 Å². The number of carbonyl (C=O) groups excluding carboxylic acids is 1. The molecular weight excluding hydrogens is 312 g/mol. The van der Waals surface area contributed by atoms with Gasteiger partial charge < -0.3 is 10.3 Å². The molecule has 114 valence electrons. The van der Waals surface area contributed by atoms with Crippen LogP contribution in [-0.2, 0) is 18.3 Å². The number of benzene rings is 1. The average Bonchev–Trinajstić information content (AvgIpc) is 2.79. The van der Waals surface area contributed by atoms with Crippen LogP contribution in [0.15, 0.2) is 36.7 Å². The van der Waals surface area contributed by atoms with Gasteiger partial charge in [-0.05, 0) is 29.8 Å².